The minimum atomic E-state index is -0.824. The van der Waals surface area contributed by atoms with E-state index in [1.54, 1.807) is 21.0 Å². The fraction of sp³-hybridized carbons (Fsp3) is 0.438. The highest BCUT2D eigenvalue weighted by atomic mass is 16.8. The van der Waals surface area contributed by atoms with Crippen molar-refractivity contribution in [1.82, 2.24) is 0 Å². The largest absolute Gasteiger partial charge is 0.390 e. The Hall–Kier alpha value is -1.65. The molecule has 1 aliphatic heterocycles. The standard InChI is InChI=1S/C16H21NO3/c1-11-13(10-16(2,3)18)15(19-4)20-17-14(11)12-8-6-5-7-9-12/h5-9,15,18H,10H2,1-4H3. The van der Waals surface area contributed by atoms with Gasteiger partial charge >= 0.3 is 0 Å². The van der Waals surface area contributed by atoms with Gasteiger partial charge in [-0.1, -0.05) is 35.5 Å². The van der Waals surface area contributed by atoms with Gasteiger partial charge in [-0.3, -0.25) is 0 Å². The van der Waals surface area contributed by atoms with Crippen LogP contribution in [0.1, 0.15) is 32.8 Å². The Labute approximate surface area is 119 Å². The summed E-state index contributed by atoms with van der Waals surface area (Å²) in [7, 11) is 1.57. The lowest BCUT2D eigenvalue weighted by Crippen LogP contribution is -2.30. The summed E-state index contributed by atoms with van der Waals surface area (Å²) in [5.74, 6) is 0. The van der Waals surface area contributed by atoms with Crippen LogP contribution in [0.15, 0.2) is 46.6 Å². The molecule has 0 bridgehead atoms. The second-order valence-electron chi connectivity index (χ2n) is 5.62. The van der Waals surface area contributed by atoms with E-state index in [-0.39, 0.29) is 0 Å². The van der Waals surface area contributed by atoms with Crippen LogP contribution in [0.25, 0.3) is 0 Å². The molecule has 0 radical (unpaired) electrons. The van der Waals surface area contributed by atoms with Gasteiger partial charge in [0.15, 0.2) is 0 Å². The van der Waals surface area contributed by atoms with Crippen LogP contribution in [0, 0.1) is 0 Å². The molecule has 0 spiro atoms. The third-order valence-corrected chi connectivity index (χ3v) is 3.25. The van der Waals surface area contributed by atoms with Crippen LogP contribution in [-0.4, -0.2) is 29.8 Å². The van der Waals surface area contributed by atoms with Gasteiger partial charge in [0.05, 0.1) is 5.60 Å². The van der Waals surface area contributed by atoms with Crippen LogP contribution in [0.4, 0.5) is 0 Å². The Kier molecular flexibility index (Phi) is 4.26. The van der Waals surface area contributed by atoms with Gasteiger partial charge in [0.25, 0.3) is 0 Å². The molecule has 1 N–H and O–H groups in total. The van der Waals surface area contributed by atoms with E-state index in [1.165, 1.54) is 0 Å². The van der Waals surface area contributed by atoms with Crippen molar-refractivity contribution in [3.05, 3.63) is 47.0 Å². The molecule has 20 heavy (non-hydrogen) atoms. The molecule has 4 heteroatoms. The topological polar surface area (TPSA) is 51.0 Å². The van der Waals surface area contributed by atoms with Crippen molar-refractivity contribution in [3.63, 3.8) is 0 Å². The zero-order valence-corrected chi connectivity index (χ0v) is 12.4. The molecule has 0 aromatic heterocycles. The highest BCUT2D eigenvalue weighted by Gasteiger charge is 2.30. The first-order valence-electron chi connectivity index (χ1n) is 6.67. The lowest BCUT2D eigenvalue weighted by atomic mass is 9.90. The van der Waals surface area contributed by atoms with E-state index in [1.807, 2.05) is 37.3 Å². The summed E-state index contributed by atoms with van der Waals surface area (Å²) in [6, 6.07) is 9.86. The number of benzene rings is 1. The second-order valence-corrected chi connectivity index (χ2v) is 5.62. The van der Waals surface area contributed by atoms with Crippen molar-refractivity contribution in [2.75, 3.05) is 7.11 Å². The molecule has 0 saturated heterocycles. The van der Waals surface area contributed by atoms with Crippen molar-refractivity contribution in [3.8, 4) is 0 Å². The average molecular weight is 275 g/mol. The monoisotopic (exact) mass is 275 g/mol. The zero-order chi connectivity index (χ0) is 14.8. The Balaban J connectivity index is 2.40. The molecule has 2 rings (SSSR count). The molecule has 1 aliphatic rings. The molecular formula is C16H21NO3. The molecule has 1 aromatic rings. The summed E-state index contributed by atoms with van der Waals surface area (Å²) in [5, 5.41) is 14.2. The number of hydrogen-bond donors (Lipinski definition) is 1. The number of rotatable bonds is 4. The van der Waals surface area contributed by atoms with Gasteiger partial charge in [0.2, 0.25) is 6.29 Å². The number of hydrogen-bond acceptors (Lipinski definition) is 4. The van der Waals surface area contributed by atoms with Gasteiger partial charge in [-0.05, 0) is 26.3 Å². The summed E-state index contributed by atoms with van der Waals surface area (Å²) in [5.41, 5.74) is 2.88. The lowest BCUT2D eigenvalue weighted by Gasteiger charge is -2.29. The van der Waals surface area contributed by atoms with E-state index < -0.39 is 11.9 Å². The molecule has 1 unspecified atom stereocenters. The smallest absolute Gasteiger partial charge is 0.249 e. The normalized spacial score (nSPS) is 19.6. The molecule has 0 amide bonds. The van der Waals surface area contributed by atoms with E-state index in [2.05, 4.69) is 5.16 Å². The molecule has 0 saturated carbocycles. The molecule has 4 nitrogen and oxygen atoms in total. The fourth-order valence-corrected chi connectivity index (χ4v) is 2.29. The van der Waals surface area contributed by atoms with Crippen molar-refractivity contribution in [2.24, 2.45) is 5.16 Å². The highest BCUT2D eigenvalue weighted by molar-refractivity contribution is 6.12. The second kappa shape index (κ2) is 5.77. The predicted molar refractivity (Wildman–Crippen MR) is 78.5 cm³/mol. The molecule has 1 heterocycles. The zero-order valence-electron chi connectivity index (χ0n) is 12.4. The minimum Gasteiger partial charge on any atom is -0.390 e. The summed E-state index contributed by atoms with van der Waals surface area (Å²) < 4.78 is 5.31. The molecule has 0 aliphatic carbocycles. The van der Waals surface area contributed by atoms with Crippen LogP contribution >= 0.6 is 0 Å². The van der Waals surface area contributed by atoms with E-state index in [4.69, 9.17) is 9.57 Å². The molecule has 1 aromatic carbocycles. The van der Waals surface area contributed by atoms with E-state index in [0.717, 1.165) is 22.4 Å². The first-order chi connectivity index (χ1) is 9.42. The molecular weight excluding hydrogens is 254 g/mol. The van der Waals surface area contributed by atoms with Crippen molar-refractivity contribution >= 4 is 5.71 Å². The summed E-state index contributed by atoms with van der Waals surface area (Å²) in [4.78, 5) is 5.42. The number of nitrogens with zero attached hydrogens (tertiary/aromatic N) is 1. The maximum atomic E-state index is 10.1. The maximum Gasteiger partial charge on any atom is 0.249 e. The SMILES string of the molecule is COC1ON=C(c2ccccc2)C(C)=C1CC(C)(C)O. The fourth-order valence-electron chi connectivity index (χ4n) is 2.29. The van der Waals surface area contributed by atoms with Crippen molar-refractivity contribution in [1.29, 1.82) is 0 Å². The number of methoxy groups -OCH3 is 1. The lowest BCUT2D eigenvalue weighted by molar-refractivity contribution is -0.106. The van der Waals surface area contributed by atoms with Gasteiger partial charge in [-0.25, -0.2) is 0 Å². The Bertz CT molecular complexity index is 526. The van der Waals surface area contributed by atoms with Crippen molar-refractivity contribution in [2.45, 2.75) is 39.1 Å². The van der Waals surface area contributed by atoms with Crippen LogP contribution in [0.3, 0.4) is 0 Å². The third-order valence-electron chi connectivity index (χ3n) is 3.25. The first-order valence-corrected chi connectivity index (χ1v) is 6.67. The van der Waals surface area contributed by atoms with Gasteiger partial charge in [0, 0.05) is 24.7 Å². The van der Waals surface area contributed by atoms with Crippen LogP contribution in [0.5, 0.6) is 0 Å². The van der Waals surface area contributed by atoms with Crippen LogP contribution < -0.4 is 0 Å². The number of oxime groups is 1. The number of ether oxygens (including phenoxy) is 1. The number of allylic oxidation sites excluding steroid dienone is 1. The maximum absolute atomic E-state index is 10.1. The van der Waals surface area contributed by atoms with Gasteiger partial charge in [-0.15, -0.1) is 0 Å². The summed E-state index contributed by atoms with van der Waals surface area (Å²) in [6.45, 7) is 5.53. The first kappa shape index (κ1) is 14.8. The van der Waals surface area contributed by atoms with Crippen LogP contribution in [0.2, 0.25) is 0 Å². The van der Waals surface area contributed by atoms with E-state index in [0.29, 0.717) is 6.42 Å². The van der Waals surface area contributed by atoms with Crippen LogP contribution in [-0.2, 0) is 9.57 Å². The summed E-state index contributed by atoms with van der Waals surface area (Å²) in [6.07, 6.45) is -0.0580. The van der Waals surface area contributed by atoms with Gasteiger partial charge in [-0.2, -0.15) is 0 Å². The van der Waals surface area contributed by atoms with E-state index >= 15 is 0 Å². The number of aliphatic hydroxyl groups is 1. The molecule has 0 fully saturated rings. The predicted octanol–water partition coefficient (Wildman–Crippen LogP) is 2.87. The molecule has 108 valence electrons. The quantitative estimate of drug-likeness (QED) is 0.919. The highest BCUT2D eigenvalue weighted by Crippen LogP contribution is 2.29. The Morgan fingerprint density at radius 2 is 1.95 bits per heavy atom. The van der Waals surface area contributed by atoms with E-state index in [9.17, 15) is 5.11 Å². The molecule has 1 atom stereocenters. The van der Waals surface area contributed by atoms with Gasteiger partial charge < -0.3 is 14.7 Å². The van der Waals surface area contributed by atoms with Gasteiger partial charge in [0.1, 0.15) is 5.71 Å². The Morgan fingerprint density at radius 1 is 1.30 bits per heavy atom. The van der Waals surface area contributed by atoms with Crippen molar-refractivity contribution < 1.29 is 14.7 Å². The average Bonchev–Trinajstić information content (AvgIpc) is 2.40. The summed E-state index contributed by atoms with van der Waals surface area (Å²) >= 11 is 0. The third kappa shape index (κ3) is 3.26. The Morgan fingerprint density at radius 3 is 2.50 bits per heavy atom. The minimum absolute atomic E-state index is 0.475.